The maximum absolute atomic E-state index is 14.0. The molecule has 0 unspecified atom stereocenters. The third kappa shape index (κ3) is 4.41. The molecule has 0 spiro atoms. The Morgan fingerprint density at radius 1 is 1.12 bits per heavy atom. The summed E-state index contributed by atoms with van der Waals surface area (Å²) in [7, 11) is 6.97. The molecular weight excluding hydrogens is 528 g/mol. The number of Topliss-reactive ketones (excluding diaryl/α,β-unsaturated/α-hetero) is 2. The van der Waals surface area contributed by atoms with Crippen LogP contribution in [0.2, 0.25) is 0 Å². The normalized spacial score (nSPS) is 28.2. The number of anilines is 1. The summed E-state index contributed by atoms with van der Waals surface area (Å²) in [6.45, 7) is 1.38. The van der Waals surface area contributed by atoms with Crippen LogP contribution in [0.25, 0.3) is 0 Å². The smallest absolute Gasteiger partial charge is 0.255 e. The molecular formula is C30H40N4O7. The van der Waals surface area contributed by atoms with Crippen LogP contribution in [-0.2, 0) is 22.6 Å². The molecule has 0 heterocycles. The van der Waals surface area contributed by atoms with Gasteiger partial charge in [0.15, 0.2) is 11.4 Å². The summed E-state index contributed by atoms with van der Waals surface area (Å²) in [6, 6.07) is 0.541. The van der Waals surface area contributed by atoms with Gasteiger partial charge in [0.25, 0.3) is 5.91 Å². The Kier molecular flexibility index (Phi) is 7.42. The number of rotatable bonds is 7. The number of phenolic OH excluding ortho intramolecular Hbond substituents is 1. The second-order valence-corrected chi connectivity index (χ2v) is 12.4. The average molecular weight is 569 g/mol. The van der Waals surface area contributed by atoms with E-state index < -0.39 is 58.0 Å². The minimum absolute atomic E-state index is 0.0222. The number of nitrogens with zero attached hydrogens (tertiary/aromatic N) is 2. The zero-order chi connectivity index (χ0) is 30.0. The molecule has 0 bridgehead atoms. The van der Waals surface area contributed by atoms with Gasteiger partial charge in [-0.25, -0.2) is 0 Å². The molecule has 11 nitrogen and oxygen atoms in total. The number of aliphatic hydroxyl groups excluding tert-OH is 2. The van der Waals surface area contributed by atoms with Crippen molar-refractivity contribution in [1.82, 2.24) is 10.2 Å². The van der Waals surface area contributed by atoms with Crippen molar-refractivity contribution in [2.45, 2.75) is 56.7 Å². The first-order chi connectivity index (χ1) is 19.3. The van der Waals surface area contributed by atoms with Gasteiger partial charge in [0.2, 0.25) is 5.78 Å². The lowest BCUT2D eigenvalue weighted by atomic mass is 9.58. The summed E-state index contributed by atoms with van der Waals surface area (Å²) in [5, 5.41) is 48.8. The monoisotopic (exact) mass is 568 g/mol. The number of primary amides is 1. The molecule has 4 atom stereocenters. The Labute approximate surface area is 239 Å². The largest absolute Gasteiger partial charge is 0.510 e. The summed E-state index contributed by atoms with van der Waals surface area (Å²) in [6.07, 6.45) is 5.21. The van der Waals surface area contributed by atoms with E-state index in [0.29, 0.717) is 18.0 Å². The summed E-state index contributed by atoms with van der Waals surface area (Å²) in [5.74, 6) is -5.87. The molecule has 41 heavy (non-hydrogen) atoms. The summed E-state index contributed by atoms with van der Waals surface area (Å²) in [4.78, 5) is 43.0. The fourth-order valence-corrected chi connectivity index (χ4v) is 7.69. The number of hydrogen-bond donors (Lipinski definition) is 6. The topological polar surface area (TPSA) is 177 Å². The van der Waals surface area contributed by atoms with Crippen LogP contribution >= 0.6 is 0 Å². The van der Waals surface area contributed by atoms with E-state index in [1.165, 1.54) is 25.7 Å². The zero-order valence-electron chi connectivity index (χ0n) is 24.0. The molecule has 1 saturated carbocycles. The van der Waals surface area contributed by atoms with Crippen LogP contribution in [0.5, 0.6) is 5.75 Å². The van der Waals surface area contributed by atoms with Crippen LogP contribution in [-0.4, -0.2) is 89.2 Å². The van der Waals surface area contributed by atoms with Crippen molar-refractivity contribution in [3.63, 3.8) is 0 Å². The quantitative estimate of drug-likeness (QED) is 0.264. The van der Waals surface area contributed by atoms with Crippen molar-refractivity contribution < 1.29 is 34.8 Å². The number of ketones is 2. The van der Waals surface area contributed by atoms with Gasteiger partial charge in [-0.2, -0.15) is 0 Å². The number of amides is 1. The Hall–Kier alpha value is -3.41. The first-order valence-corrected chi connectivity index (χ1v) is 14.2. The van der Waals surface area contributed by atoms with Gasteiger partial charge in [0.1, 0.15) is 22.8 Å². The molecule has 1 fully saturated rings. The van der Waals surface area contributed by atoms with Gasteiger partial charge in [-0.15, -0.1) is 0 Å². The van der Waals surface area contributed by atoms with Crippen molar-refractivity contribution in [3.05, 3.63) is 45.4 Å². The Morgan fingerprint density at radius 3 is 2.37 bits per heavy atom. The number of nitrogens with one attached hydrogen (secondary N) is 1. The second-order valence-electron chi connectivity index (χ2n) is 12.4. The molecule has 11 heteroatoms. The third-order valence-corrected chi connectivity index (χ3v) is 9.44. The predicted octanol–water partition coefficient (Wildman–Crippen LogP) is 1.47. The lowest BCUT2D eigenvalue weighted by molar-refractivity contribution is -0.148. The van der Waals surface area contributed by atoms with E-state index in [1.54, 1.807) is 25.1 Å². The Morgan fingerprint density at radius 2 is 1.78 bits per heavy atom. The second kappa shape index (κ2) is 10.5. The molecule has 0 saturated heterocycles. The molecule has 4 aliphatic carbocycles. The number of carbonyl (C=O) groups excluding carboxylic acids is 3. The van der Waals surface area contributed by atoms with Crippen LogP contribution in [0.1, 0.15) is 53.6 Å². The molecule has 1 amide bonds. The van der Waals surface area contributed by atoms with Gasteiger partial charge in [-0.1, -0.05) is 12.8 Å². The molecule has 0 aliphatic heterocycles. The van der Waals surface area contributed by atoms with E-state index >= 15 is 0 Å². The first-order valence-electron chi connectivity index (χ1n) is 14.2. The van der Waals surface area contributed by atoms with E-state index in [4.69, 9.17) is 5.73 Å². The molecule has 7 N–H and O–H groups in total. The molecule has 5 rings (SSSR count). The van der Waals surface area contributed by atoms with Crippen molar-refractivity contribution in [3.8, 4) is 5.75 Å². The highest BCUT2D eigenvalue weighted by atomic mass is 16.3. The number of aliphatic hydroxyl groups is 3. The summed E-state index contributed by atoms with van der Waals surface area (Å²) in [5.41, 5.74) is 4.07. The van der Waals surface area contributed by atoms with E-state index in [-0.39, 0.29) is 29.7 Å². The molecule has 1 aromatic carbocycles. The van der Waals surface area contributed by atoms with Gasteiger partial charge >= 0.3 is 0 Å². The fourth-order valence-electron chi connectivity index (χ4n) is 7.69. The van der Waals surface area contributed by atoms with Crippen LogP contribution in [0.15, 0.2) is 28.7 Å². The predicted molar refractivity (Wildman–Crippen MR) is 152 cm³/mol. The zero-order valence-corrected chi connectivity index (χ0v) is 24.0. The van der Waals surface area contributed by atoms with Gasteiger partial charge in [-0.05, 0) is 75.4 Å². The third-order valence-electron chi connectivity index (χ3n) is 9.44. The molecule has 222 valence electrons. The van der Waals surface area contributed by atoms with Gasteiger partial charge in [0, 0.05) is 37.8 Å². The number of carbonyl (C=O) groups is 3. The lowest BCUT2D eigenvalue weighted by Crippen LogP contribution is -2.63. The van der Waals surface area contributed by atoms with Crippen molar-refractivity contribution >= 4 is 23.2 Å². The van der Waals surface area contributed by atoms with Gasteiger partial charge in [-0.3, -0.25) is 19.3 Å². The molecule has 1 aromatic rings. The number of allylic oxidation sites excluding steroid dienone is 1. The number of phenols is 1. The van der Waals surface area contributed by atoms with E-state index in [1.807, 2.05) is 19.0 Å². The SMILES string of the molecule is CN(C)c1c(CNCC2CCCC2)cc(O)c2c1C[C@H]1C[C@H]3[C@H](N(C)C)C(O)=C(C(N)=O)C(=O)[C@@]3(O)C(O)=C1C2=O. The Balaban J connectivity index is 1.60. The maximum atomic E-state index is 14.0. The Bertz CT molecular complexity index is 1380. The van der Waals surface area contributed by atoms with E-state index in [2.05, 4.69) is 5.32 Å². The van der Waals surface area contributed by atoms with E-state index in [0.717, 1.165) is 17.8 Å². The number of fused-ring (bicyclic) bond motifs is 3. The van der Waals surface area contributed by atoms with Crippen molar-refractivity contribution in [1.29, 1.82) is 0 Å². The summed E-state index contributed by atoms with van der Waals surface area (Å²) >= 11 is 0. The standard InChI is InChI=1S/C30H40N4O7/c1-33(2)23-16(13-32-12-14-7-5-6-8-14)11-19(35)21-17(23)9-15-10-18-24(34(3)4)26(37)22(29(31)40)28(39)30(18,41)27(38)20(15)25(21)36/h11,14-15,18,24,32,35,37-38,41H,5-10,12-13H2,1-4H3,(H2,31,40)/t15-,18-,24-,30-/m0/s1. The first kappa shape index (κ1) is 29.1. The average Bonchev–Trinajstić information content (AvgIpc) is 3.39. The highest BCUT2D eigenvalue weighted by Crippen LogP contribution is 2.53. The summed E-state index contributed by atoms with van der Waals surface area (Å²) < 4.78 is 0. The minimum Gasteiger partial charge on any atom is -0.510 e. The minimum atomic E-state index is -2.64. The number of benzene rings is 1. The van der Waals surface area contributed by atoms with Crippen LogP contribution in [0.4, 0.5) is 5.69 Å². The maximum Gasteiger partial charge on any atom is 0.255 e. The van der Waals surface area contributed by atoms with Gasteiger partial charge in [0.05, 0.1) is 11.6 Å². The van der Waals surface area contributed by atoms with Crippen molar-refractivity contribution in [2.75, 3.05) is 39.6 Å². The van der Waals surface area contributed by atoms with Crippen LogP contribution in [0, 0.1) is 17.8 Å². The van der Waals surface area contributed by atoms with Crippen LogP contribution < -0.4 is 16.0 Å². The van der Waals surface area contributed by atoms with Gasteiger partial charge < -0.3 is 36.4 Å². The number of hydrogen-bond acceptors (Lipinski definition) is 10. The van der Waals surface area contributed by atoms with Crippen molar-refractivity contribution in [2.24, 2.45) is 23.5 Å². The number of aromatic hydroxyl groups is 1. The molecule has 0 aromatic heterocycles. The molecule has 4 aliphatic rings. The highest BCUT2D eigenvalue weighted by molar-refractivity contribution is 6.24. The number of likely N-dealkylation sites (N-methyl/N-ethyl adjacent to an activating group) is 1. The highest BCUT2D eigenvalue weighted by Gasteiger charge is 2.63. The lowest BCUT2D eigenvalue weighted by Gasteiger charge is -2.50. The molecule has 0 radical (unpaired) electrons. The van der Waals surface area contributed by atoms with Crippen LogP contribution in [0.3, 0.4) is 0 Å². The van der Waals surface area contributed by atoms with E-state index in [9.17, 15) is 34.8 Å². The number of nitrogens with two attached hydrogens (primary N) is 1. The fraction of sp³-hybridized carbons (Fsp3) is 0.567.